The number of hydrogen-bond acceptors (Lipinski definition) is 4. The molecule has 0 N–H and O–H groups in total. The predicted molar refractivity (Wildman–Crippen MR) is 94.9 cm³/mol. The third-order valence-electron chi connectivity index (χ3n) is 1.92. The van der Waals surface area contributed by atoms with Crippen molar-refractivity contribution in [2.45, 2.75) is 0 Å². The van der Waals surface area contributed by atoms with Gasteiger partial charge >= 0.3 is 6.01 Å². The lowest BCUT2D eigenvalue weighted by molar-refractivity contribution is 0.433. The van der Waals surface area contributed by atoms with E-state index in [1.54, 1.807) is 0 Å². The van der Waals surface area contributed by atoms with Crippen LogP contribution in [0.5, 0.6) is 11.8 Å². The molecule has 2 aromatic rings. The van der Waals surface area contributed by atoms with E-state index in [2.05, 4.69) is 94.6 Å². The average molecular weight is 637 g/mol. The van der Waals surface area contributed by atoms with Crippen LogP contribution in [-0.2, 0) is 0 Å². The summed E-state index contributed by atoms with van der Waals surface area (Å²) in [7, 11) is 0. The third kappa shape index (κ3) is 3.67. The summed E-state index contributed by atoms with van der Waals surface area (Å²) in [5.74, 6) is 0.449. The van der Waals surface area contributed by atoms with E-state index in [1.807, 2.05) is 0 Å². The van der Waals surface area contributed by atoms with Crippen LogP contribution >= 0.6 is 103 Å². The second kappa shape index (κ2) is 7.06. The summed E-state index contributed by atoms with van der Waals surface area (Å²) in [6.07, 6.45) is 0. The maximum absolute atomic E-state index is 5.71. The quantitative estimate of drug-likeness (QED) is 0.270. The van der Waals surface area contributed by atoms with Crippen molar-refractivity contribution >= 4 is 103 Å². The van der Waals surface area contributed by atoms with Crippen molar-refractivity contribution in [1.82, 2.24) is 15.0 Å². The molecule has 106 valence electrons. The molecule has 1 heterocycles. The molecule has 1 aromatic heterocycles. The number of hydrogen-bond donors (Lipinski definition) is 0. The van der Waals surface area contributed by atoms with Crippen molar-refractivity contribution in [2.75, 3.05) is 0 Å². The Hall–Kier alpha value is 1.01. The van der Waals surface area contributed by atoms with Crippen molar-refractivity contribution in [3.05, 3.63) is 32.9 Å². The molecule has 0 saturated carbocycles. The molecule has 2 rings (SSSR count). The summed E-state index contributed by atoms with van der Waals surface area (Å²) in [5, 5.41) is -0.107. The first kappa shape index (κ1) is 17.4. The van der Waals surface area contributed by atoms with Gasteiger partial charge in [0.25, 0.3) is 0 Å². The molecule has 0 radical (unpaired) electrons. The van der Waals surface area contributed by atoms with Crippen molar-refractivity contribution < 1.29 is 4.74 Å². The smallest absolute Gasteiger partial charge is 0.327 e. The molecule has 0 amide bonds. The van der Waals surface area contributed by atoms with Gasteiger partial charge in [-0.1, -0.05) is 0 Å². The predicted octanol–water partition coefficient (Wildman–Crippen LogP) is 6.78. The zero-order valence-electron chi connectivity index (χ0n) is 8.90. The van der Waals surface area contributed by atoms with E-state index in [9.17, 15) is 0 Å². The standard InChI is InChI=1S/C9Br5Cl2N3O/c10-1-2(11)4(13)6(5(14)3(1)12)20-9-18-7(15)17-8(16)19-9. The molecule has 0 atom stereocenters. The highest BCUT2D eigenvalue weighted by Gasteiger charge is 2.20. The van der Waals surface area contributed by atoms with Crippen LogP contribution in [0.25, 0.3) is 0 Å². The zero-order chi connectivity index (χ0) is 15.0. The van der Waals surface area contributed by atoms with E-state index in [0.717, 1.165) is 13.4 Å². The Morgan fingerprint density at radius 1 is 0.650 bits per heavy atom. The van der Waals surface area contributed by atoms with E-state index in [-0.39, 0.29) is 16.6 Å². The SMILES string of the molecule is Clc1nc(Cl)nc(Oc2c(Br)c(Br)c(Br)c(Br)c2Br)n1. The van der Waals surface area contributed by atoms with Crippen molar-refractivity contribution in [3.63, 3.8) is 0 Å². The highest BCUT2D eigenvalue weighted by molar-refractivity contribution is 9.15. The number of ether oxygens (including phenoxy) is 1. The van der Waals surface area contributed by atoms with Gasteiger partial charge in [0.05, 0.1) is 17.9 Å². The Bertz CT molecular complexity index is 651. The fourth-order valence-corrected chi connectivity index (χ4v) is 4.64. The van der Waals surface area contributed by atoms with Crippen LogP contribution in [-0.4, -0.2) is 15.0 Å². The largest absolute Gasteiger partial charge is 0.422 e. The van der Waals surface area contributed by atoms with Gasteiger partial charge in [0.1, 0.15) is 0 Å². The van der Waals surface area contributed by atoms with Gasteiger partial charge in [0.2, 0.25) is 10.6 Å². The Morgan fingerprint density at radius 2 is 1.05 bits per heavy atom. The Labute approximate surface area is 165 Å². The van der Waals surface area contributed by atoms with Crippen LogP contribution in [0.15, 0.2) is 22.4 Å². The summed E-state index contributed by atoms with van der Waals surface area (Å²) < 4.78 is 9.26. The number of aromatic nitrogens is 3. The van der Waals surface area contributed by atoms with Gasteiger partial charge in [-0.15, -0.1) is 0 Å². The van der Waals surface area contributed by atoms with Crippen molar-refractivity contribution in [1.29, 1.82) is 0 Å². The minimum Gasteiger partial charge on any atom is -0.422 e. The third-order valence-corrected chi connectivity index (χ3v) is 8.28. The lowest BCUT2D eigenvalue weighted by Crippen LogP contribution is -1.97. The zero-order valence-corrected chi connectivity index (χ0v) is 18.3. The number of benzene rings is 1. The van der Waals surface area contributed by atoms with E-state index in [4.69, 9.17) is 27.9 Å². The first-order valence-electron chi connectivity index (χ1n) is 4.57. The fourth-order valence-electron chi connectivity index (χ4n) is 1.12. The molecule has 0 bridgehead atoms. The van der Waals surface area contributed by atoms with Crippen LogP contribution in [0.4, 0.5) is 0 Å². The number of halogens is 7. The molecule has 0 saturated heterocycles. The molecule has 20 heavy (non-hydrogen) atoms. The van der Waals surface area contributed by atoms with Crippen LogP contribution in [0.1, 0.15) is 0 Å². The highest BCUT2D eigenvalue weighted by Crippen LogP contribution is 2.49. The molecule has 0 aliphatic carbocycles. The highest BCUT2D eigenvalue weighted by atomic mass is 79.9. The molecule has 0 aliphatic heterocycles. The minimum absolute atomic E-state index is 0.0162. The summed E-state index contributed by atoms with van der Waals surface area (Å²) in [5.41, 5.74) is 0. The minimum atomic E-state index is -0.0533. The fraction of sp³-hybridized carbons (Fsp3) is 0. The van der Waals surface area contributed by atoms with Gasteiger partial charge in [-0.05, 0) is 103 Å². The maximum atomic E-state index is 5.71. The van der Waals surface area contributed by atoms with Gasteiger partial charge < -0.3 is 4.74 Å². The van der Waals surface area contributed by atoms with E-state index < -0.39 is 0 Å². The summed E-state index contributed by atoms with van der Waals surface area (Å²) in [4.78, 5) is 11.3. The lowest BCUT2D eigenvalue weighted by atomic mass is 10.3. The molecule has 1 aromatic carbocycles. The van der Waals surface area contributed by atoms with Gasteiger partial charge in [0, 0.05) is 4.47 Å². The molecule has 0 fully saturated rings. The average Bonchev–Trinajstić information content (AvgIpc) is 2.38. The van der Waals surface area contributed by atoms with Crippen LogP contribution < -0.4 is 4.74 Å². The second-order valence-corrected chi connectivity index (χ2v) is 7.80. The van der Waals surface area contributed by atoms with Crippen molar-refractivity contribution in [3.8, 4) is 11.8 Å². The lowest BCUT2D eigenvalue weighted by Gasteiger charge is -2.13. The van der Waals surface area contributed by atoms with Crippen molar-refractivity contribution in [2.24, 2.45) is 0 Å². The Morgan fingerprint density at radius 3 is 1.50 bits per heavy atom. The van der Waals surface area contributed by atoms with E-state index in [1.165, 1.54) is 0 Å². The van der Waals surface area contributed by atoms with E-state index in [0.29, 0.717) is 14.7 Å². The molecule has 0 unspecified atom stereocenters. The first-order valence-corrected chi connectivity index (χ1v) is 9.29. The Kier molecular flexibility index (Phi) is 6.13. The molecule has 0 aliphatic rings. The monoisotopic (exact) mass is 631 g/mol. The van der Waals surface area contributed by atoms with Crippen LogP contribution in [0, 0.1) is 0 Å². The normalized spacial score (nSPS) is 10.8. The number of nitrogens with zero attached hydrogens (tertiary/aromatic N) is 3. The summed E-state index contributed by atoms with van der Waals surface area (Å²) >= 11 is 28.5. The maximum Gasteiger partial charge on any atom is 0.327 e. The molecule has 11 heteroatoms. The molecule has 0 spiro atoms. The number of rotatable bonds is 2. The van der Waals surface area contributed by atoms with Gasteiger partial charge in [-0.2, -0.15) is 15.0 Å². The van der Waals surface area contributed by atoms with E-state index >= 15 is 0 Å². The van der Waals surface area contributed by atoms with Gasteiger partial charge in [-0.25, -0.2) is 0 Å². The molecule has 4 nitrogen and oxygen atoms in total. The molecular weight excluding hydrogens is 637 g/mol. The van der Waals surface area contributed by atoms with Gasteiger partial charge in [0.15, 0.2) is 5.75 Å². The Balaban J connectivity index is 2.54. The van der Waals surface area contributed by atoms with Crippen LogP contribution in [0.3, 0.4) is 0 Å². The topological polar surface area (TPSA) is 47.9 Å². The summed E-state index contributed by atoms with van der Waals surface area (Å²) in [6, 6.07) is -0.0162. The molecular formula is C9Br5Cl2N3O. The summed E-state index contributed by atoms with van der Waals surface area (Å²) in [6.45, 7) is 0. The van der Waals surface area contributed by atoms with Crippen LogP contribution in [0.2, 0.25) is 10.6 Å². The van der Waals surface area contributed by atoms with Gasteiger partial charge in [-0.3, -0.25) is 0 Å². The first-order chi connectivity index (χ1) is 9.31. The second-order valence-electron chi connectivity index (χ2n) is 3.16.